The van der Waals surface area contributed by atoms with Crippen LogP contribution in [0.3, 0.4) is 0 Å². The largest absolute Gasteiger partial charge is 0.479 e. The number of carboxylic acids is 1. The Bertz CT molecular complexity index is 1430. The highest BCUT2D eigenvalue weighted by molar-refractivity contribution is 6.31. The number of carbonyl (C=O) groups excluding carboxylic acids is 3. The van der Waals surface area contributed by atoms with Crippen LogP contribution in [0.25, 0.3) is 11.1 Å². The van der Waals surface area contributed by atoms with Crippen molar-refractivity contribution >= 4 is 46.6 Å². The van der Waals surface area contributed by atoms with Gasteiger partial charge in [-0.15, -0.1) is 0 Å². The first kappa shape index (κ1) is 30.7. The number of benzene rings is 1. The number of nitrogens with zero attached hydrogens (tertiary/aromatic N) is 2. The molecule has 3 amide bonds. The predicted molar refractivity (Wildman–Crippen MR) is 156 cm³/mol. The first-order chi connectivity index (χ1) is 20.3. The summed E-state index contributed by atoms with van der Waals surface area (Å²) in [7, 11) is 0. The minimum absolute atomic E-state index is 0.00764. The average molecular weight is 617 g/mol. The zero-order chi connectivity index (χ0) is 30.9. The zero-order valence-electron chi connectivity index (χ0n) is 24.4. The molecule has 3 aliphatic rings. The van der Waals surface area contributed by atoms with Crippen molar-refractivity contribution in [3.05, 3.63) is 35.4 Å². The zero-order valence-corrected chi connectivity index (χ0v) is 25.2. The normalized spacial score (nSPS) is 29.0. The van der Waals surface area contributed by atoms with Crippen molar-refractivity contribution in [3.63, 3.8) is 0 Å². The molecule has 3 N–H and O–H groups in total. The van der Waals surface area contributed by atoms with Gasteiger partial charge in [0.05, 0.1) is 6.54 Å². The Morgan fingerprint density at radius 1 is 1.23 bits per heavy atom. The van der Waals surface area contributed by atoms with E-state index in [2.05, 4.69) is 15.6 Å². The van der Waals surface area contributed by atoms with Crippen molar-refractivity contribution in [3.8, 4) is 6.08 Å². The maximum atomic E-state index is 14.0. The minimum atomic E-state index is -1.44. The number of alkyl carbamates (subject to hydrolysis) is 1. The number of halogens is 1. The highest BCUT2D eigenvalue weighted by atomic mass is 35.5. The van der Waals surface area contributed by atoms with Gasteiger partial charge in [-0.3, -0.25) is 9.59 Å². The summed E-state index contributed by atoms with van der Waals surface area (Å²) in [4.78, 5) is 58.4. The number of fused-ring (bicyclic) bond motifs is 3. The van der Waals surface area contributed by atoms with Gasteiger partial charge >= 0.3 is 18.1 Å². The van der Waals surface area contributed by atoms with E-state index in [1.165, 1.54) is 4.90 Å². The maximum absolute atomic E-state index is 14.0. The standard InChI is InChI=1S/C30H37ClN4O8/c1-29(2,3)43-27(40)32-21-10-8-6-4-5-7-9-17-15-30(17,26(38)39)34-24(36)22-14-19(16-35(22)25(21)37)41-28-33-20-12-11-18(31)13-23(20)42-28/h7,9,11-13,17,19,21-22H,4-6,8,10,14-16H2,1-3H3,(H,32,40)(H,34,36)(H,38,39)/b9-7-/t17-,19+,21-,22-,30+/m0/s1. The summed E-state index contributed by atoms with van der Waals surface area (Å²) in [6.07, 6.45) is 6.01. The van der Waals surface area contributed by atoms with Crippen molar-refractivity contribution < 1.29 is 38.2 Å². The number of oxazole rings is 1. The van der Waals surface area contributed by atoms with E-state index >= 15 is 0 Å². The van der Waals surface area contributed by atoms with E-state index in [4.69, 9.17) is 25.5 Å². The highest BCUT2D eigenvalue weighted by Crippen LogP contribution is 2.45. The molecule has 1 saturated carbocycles. The lowest BCUT2D eigenvalue weighted by atomic mass is 10.0. The number of ether oxygens (including phenoxy) is 2. The van der Waals surface area contributed by atoms with Crippen LogP contribution in [0.5, 0.6) is 6.08 Å². The second-order valence-electron chi connectivity index (χ2n) is 12.4. The summed E-state index contributed by atoms with van der Waals surface area (Å²) >= 11 is 6.05. The van der Waals surface area contributed by atoms with E-state index in [1.54, 1.807) is 39.0 Å². The van der Waals surface area contributed by atoms with Crippen molar-refractivity contribution in [1.82, 2.24) is 20.5 Å². The summed E-state index contributed by atoms with van der Waals surface area (Å²) in [5.74, 6) is -2.55. The molecule has 1 aliphatic carbocycles. The Morgan fingerprint density at radius 2 is 2.02 bits per heavy atom. The van der Waals surface area contributed by atoms with Crippen molar-refractivity contribution in [1.29, 1.82) is 0 Å². The molecule has 1 aromatic heterocycles. The molecule has 1 saturated heterocycles. The Morgan fingerprint density at radius 3 is 2.77 bits per heavy atom. The first-order valence-electron chi connectivity index (χ1n) is 14.6. The van der Waals surface area contributed by atoms with E-state index < -0.39 is 53.2 Å². The number of aromatic nitrogens is 1. The topological polar surface area (TPSA) is 160 Å². The van der Waals surface area contributed by atoms with Crippen LogP contribution in [-0.2, 0) is 19.1 Å². The maximum Gasteiger partial charge on any atom is 0.408 e. The Hall–Kier alpha value is -3.80. The number of allylic oxidation sites excluding steroid dienone is 1. The highest BCUT2D eigenvalue weighted by Gasteiger charge is 2.61. The molecular weight excluding hydrogens is 580 g/mol. The van der Waals surface area contributed by atoms with Crippen molar-refractivity contribution in [2.75, 3.05) is 6.54 Å². The van der Waals surface area contributed by atoms with Crippen LogP contribution in [0.15, 0.2) is 34.8 Å². The summed E-state index contributed by atoms with van der Waals surface area (Å²) in [6.45, 7) is 5.17. The molecule has 2 fully saturated rings. The monoisotopic (exact) mass is 616 g/mol. The fourth-order valence-electron chi connectivity index (χ4n) is 5.67. The molecule has 5 rings (SSSR count). The van der Waals surface area contributed by atoms with Crippen molar-refractivity contribution in [2.24, 2.45) is 5.92 Å². The third kappa shape index (κ3) is 7.06. The minimum Gasteiger partial charge on any atom is -0.479 e. The SMILES string of the molecule is CC(C)(C)OC(=O)N[C@H]1CCCCC/C=C\[C@H]2C[C@@]2(C(=O)O)NC(=O)[C@@H]2C[C@@H](Oc3nc4ccc(Cl)cc4o3)CN2C1=O. The van der Waals surface area contributed by atoms with Gasteiger partial charge in [0, 0.05) is 23.4 Å². The number of rotatable bonds is 4. The predicted octanol–water partition coefficient (Wildman–Crippen LogP) is 4.20. The van der Waals surface area contributed by atoms with Crippen LogP contribution in [0.4, 0.5) is 4.79 Å². The van der Waals surface area contributed by atoms with Gasteiger partial charge in [-0.25, -0.2) is 9.59 Å². The molecule has 13 heteroatoms. The molecule has 5 atom stereocenters. The van der Waals surface area contributed by atoms with Gasteiger partial charge in [-0.1, -0.05) is 36.6 Å². The van der Waals surface area contributed by atoms with Crippen LogP contribution in [0, 0.1) is 5.92 Å². The third-order valence-corrected chi connectivity index (χ3v) is 8.15. The first-order valence-corrected chi connectivity index (χ1v) is 15.0. The van der Waals surface area contributed by atoms with E-state index in [1.807, 2.05) is 12.2 Å². The van der Waals surface area contributed by atoms with E-state index in [0.29, 0.717) is 29.0 Å². The molecule has 0 unspecified atom stereocenters. The second kappa shape index (κ2) is 12.1. The number of amides is 3. The summed E-state index contributed by atoms with van der Waals surface area (Å²) in [5, 5.41) is 15.9. The number of nitrogens with one attached hydrogen (secondary N) is 2. The van der Waals surface area contributed by atoms with Crippen LogP contribution in [0.1, 0.15) is 65.7 Å². The average Bonchev–Trinajstić information content (AvgIpc) is 3.23. The number of hydrogen-bond donors (Lipinski definition) is 3. The lowest BCUT2D eigenvalue weighted by Crippen LogP contribution is -2.56. The molecule has 43 heavy (non-hydrogen) atoms. The van der Waals surface area contributed by atoms with Crippen molar-refractivity contribution in [2.45, 2.75) is 95.0 Å². The Balaban J connectivity index is 1.42. The molecule has 0 spiro atoms. The molecule has 0 bridgehead atoms. The fraction of sp³-hybridized carbons (Fsp3) is 0.567. The number of hydrogen-bond acceptors (Lipinski definition) is 8. The number of carboxylic acid groups (broad SMARTS) is 1. The molecular formula is C30H37ClN4O8. The third-order valence-electron chi connectivity index (χ3n) is 7.91. The number of aliphatic carboxylic acids is 1. The van der Waals surface area contributed by atoms with Gasteiger partial charge in [0.2, 0.25) is 11.8 Å². The Kier molecular flexibility index (Phi) is 8.60. The summed E-state index contributed by atoms with van der Waals surface area (Å²) in [5.41, 5.74) is -1.26. The van der Waals surface area contributed by atoms with Crippen LogP contribution >= 0.6 is 11.6 Å². The molecule has 2 aliphatic heterocycles. The summed E-state index contributed by atoms with van der Waals surface area (Å²) < 4.78 is 17.1. The van der Waals surface area contributed by atoms with Crippen LogP contribution < -0.4 is 15.4 Å². The summed E-state index contributed by atoms with van der Waals surface area (Å²) in [6, 6.07) is 2.94. The second-order valence-corrected chi connectivity index (χ2v) is 12.9. The van der Waals surface area contributed by atoms with Gasteiger partial charge in [0.1, 0.15) is 34.8 Å². The van der Waals surface area contributed by atoms with Gasteiger partial charge < -0.3 is 34.5 Å². The quantitative estimate of drug-likeness (QED) is 0.428. The van der Waals surface area contributed by atoms with E-state index in [9.17, 15) is 24.3 Å². The fourth-order valence-corrected chi connectivity index (χ4v) is 5.83. The van der Waals surface area contributed by atoms with Gasteiger partial charge in [-0.05, 0) is 58.6 Å². The molecule has 12 nitrogen and oxygen atoms in total. The van der Waals surface area contributed by atoms with Gasteiger partial charge in [0.25, 0.3) is 0 Å². The van der Waals surface area contributed by atoms with Crippen LogP contribution in [-0.4, -0.2) is 74.7 Å². The van der Waals surface area contributed by atoms with E-state index in [-0.39, 0.29) is 31.4 Å². The molecule has 2 aromatic rings. The molecule has 3 heterocycles. The number of carbonyl (C=O) groups is 4. The van der Waals surface area contributed by atoms with Gasteiger partial charge in [0.15, 0.2) is 5.58 Å². The lowest BCUT2D eigenvalue weighted by molar-refractivity contribution is -0.145. The smallest absolute Gasteiger partial charge is 0.408 e. The molecule has 1 aromatic carbocycles. The molecule has 232 valence electrons. The van der Waals surface area contributed by atoms with E-state index in [0.717, 1.165) is 19.3 Å². The Labute approximate surface area is 254 Å². The van der Waals surface area contributed by atoms with Gasteiger partial charge in [-0.2, -0.15) is 4.98 Å². The lowest BCUT2D eigenvalue weighted by Gasteiger charge is -2.30. The van der Waals surface area contributed by atoms with Crippen LogP contribution in [0.2, 0.25) is 5.02 Å². The molecule has 0 radical (unpaired) electrons.